The number of aliphatic hydroxyl groups excluding tert-OH is 1. The van der Waals surface area contributed by atoms with E-state index >= 15 is 0 Å². The second kappa shape index (κ2) is 5.35. The number of ether oxygens (including phenoxy) is 1. The normalized spacial score (nSPS) is 21.0. The van der Waals surface area contributed by atoms with Crippen molar-refractivity contribution in [3.05, 3.63) is 29.8 Å². The predicted octanol–water partition coefficient (Wildman–Crippen LogP) is 3.10. The zero-order valence-corrected chi connectivity index (χ0v) is 9.86. The number of fused-ring (bicyclic) bond motifs is 1. The van der Waals surface area contributed by atoms with Gasteiger partial charge in [-0.2, -0.15) is 0 Å². The van der Waals surface area contributed by atoms with Gasteiger partial charge in [-0.05, 0) is 43.7 Å². The van der Waals surface area contributed by atoms with E-state index in [0.29, 0.717) is 5.92 Å². The van der Waals surface area contributed by atoms with Gasteiger partial charge >= 0.3 is 0 Å². The second-order valence-electron chi connectivity index (χ2n) is 4.65. The van der Waals surface area contributed by atoms with Crippen LogP contribution in [0.4, 0.5) is 0 Å². The zero-order valence-electron chi connectivity index (χ0n) is 9.86. The fraction of sp³-hybridized carbons (Fsp3) is 0.571. The summed E-state index contributed by atoms with van der Waals surface area (Å²) in [5.41, 5.74) is 1.35. The molecule has 2 unspecified atom stereocenters. The van der Waals surface area contributed by atoms with Crippen LogP contribution in [-0.2, 0) is 0 Å². The lowest BCUT2D eigenvalue weighted by molar-refractivity contribution is 0.177. The molecule has 88 valence electrons. The van der Waals surface area contributed by atoms with Crippen molar-refractivity contribution in [2.75, 3.05) is 6.61 Å². The number of hydrogen-bond acceptors (Lipinski definition) is 2. The number of rotatable bonds is 4. The summed E-state index contributed by atoms with van der Waals surface area (Å²) in [5.74, 6) is 1.67. The Bertz CT molecular complexity index is 333. The van der Waals surface area contributed by atoms with Gasteiger partial charge in [0.1, 0.15) is 5.75 Å². The van der Waals surface area contributed by atoms with Gasteiger partial charge in [-0.3, -0.25) is 0 Å². The maximum absolute atomic E-state index is 9.25. The molecular weight excluding hydrogens is 200 g/mol. The molecule has 0 aromatic heterocycles. The van der Waals surface area contributed by atoms with Crippen LogP contribution in [0.25, 0.3) is 0 Å². The Balaban J connectivity index is 1.96. The van der Waals surface area contributed by atoms with Gasteiger partial charge < -0.3 is 9.84 Å². The van der Waals surface area contributed by atoms with E-state index in [1.165, 1.54) is 5.56 Å². The molecule has 0 spiro atoms. The van der Waals surface area contributed by atoms with Crippen molar-refractivity contribution in [2.24, 2.45) is 0 Å². The summed E-state index contributed by atoms with van der Waals surface area (Å²) >= 11 is 0. The van der Waals surface area contributed by atoms with Crippen LogP contribution in [0, 0.1) is 0 Å². The molecule has 2 nitrogen and oxygen atoms in total. The van der Waals surface area contributed by atoms with Gasteiger partial charge in [0, 0.05) is 0 Å². The largest absolute Gasteiger partial charge is 0.493 e. The first-order valence-corrected chi connectivity index (χ1v) is 6.17. The lowest BCUT2D eigenvalue weighted by Crippen LogP contribution is -2.14. The first-order valence-electron chi connectivity index (χ1n) is 6.17. The van der Waals surface area contributed by atoms with Gasteiger partial charge in [0.15, 0.2) is 0 Å². The second-order valence-corrected chi connectivity index (χ2v) is 4.65. The van der Waals surface area contributed by atoms with E-state index in [9.17, 15) is 5.11 Å². The summed E-state index contributed by atoms with van der Waals surface area (Å²) in [6.45, 7) is 2.69. The third-order valence-electron chi connectivity index (χ3n) is 3.26. The molecule has 0 saturated carbocycles. The lowest BCUT2D eigenvalue weighted by atomic mass is 9.88. The average Bonchev–Trinajstić information content (AvgIpc) is 2.29. The number of aliphatic hydroxyl groups is 1. The van der Waals surface area contributed by atoms with Crippen molar-refractivity contribution in [1.29, 1.82) is 0 Å². The van der Waals surface area contributed by atoms with E-state index in [2.05, 4.69) is 18.2 Å². The molecule has 0 aliphatic carbocycles. The van der Waals surface area contributed by atoms with Gasteiger partial charge in [-0.25, -0.2) is 0 Å². The molecule has 0 bridgehead atoms. The minimum Gasteiger partial charge on any atom is -0.493 e. The maximum atomic E-state index is 9.25. The van der Waals surface area contributed by atoms with Crippen LogP contribution >= 0.6 is 0 Å². The third kappa shape index (κ3) is 2.76. The van der Waals surface area contributed by atoms with Crippen LogP contribution in [-0.4, -0.2) is 17.8 Å². The predicted molar refractivity (Wildman–Crippen MR) is 64.8 cm³/mol. The van der Waals surface area contributed by atoms with E-state index in [4.69, 9.17) is 4.74 Å². The molecule has 0 radical (unpaired) electrons. The van der Waals surface area contributed by atoms with E-state index in [1.807, 2.05) is 13.0 Å². The Morgan fingerprint density at radius 2 is 2.25 bits per heavy atom. The molecule has 0 saturated heterocycles. The minimum absolute atomic E-state index is 0.171. The first-order chi connectivity index (χ1) is 7.77. The van der Waals surface area contributed by atoms with E-state index in [-0.39, 0.29) is 6.10 Å². The van der Waals surface area contributed by atoms with Crippen LogP contribution in [0.5, 0.6) is 5.75 Å². The molecule has 1 aromatic rings. The van der Waals surface area contributed by atoms with Crippen LogP contribution in [0.1, 0.15) is 44.1 Å². The lowest BCUT2D eigenvalue weighted by Gasteiger charge is -2.25. The van der Waals surface area contributed by atoms with Crippen molar-refractivity contribution >= 4 is 0 Å². The molecule has 1 N–H and O–H groups in total. The number of benzene rings is 1. The summed E-state index contributed by atoms with van der Waals surface area (Å²) in [5, 5.41) is 9.25. The topological polar surface area (TPSA) is 29.5 Å². The molecule has 1 aliphatic heterocycles. The van der Waals surface area contributed by atoms with Crippen LogP contribution in [0.3, 0.4) is 0 Å². The van der Waals surface area contributed by atoms with Gasteiger partial charge in [0.2, 0.25) is 0 Å². The quantitative estimate of drug-likeness (QED) is 0.844. The molecule has 0 fully saturated rings. The van der Waals surface area contributed by atoms with Gasteiger partial charge in [0.05, 0.1) is 12.7 Å². The summed E-state index contributed by atoms with van der Waals surface area (Å²) in [6, 6.07) is 8.32. The van der Waals surface area contributed by atoms with E-state index in [0.717, 1.165) is 38.0 Å². The monoisotopic (exact) mass is 220 g/mol. The van der Waals surface area contributed by atoms with E-state index in [1.54, 1.807) is 0 Å². The average molecular weight is 220 g/mol. The molecule has 1 heterocycles. The molecule has 2 heteroatoms. The molecule has 2 atom stereocenters. The van der Waals surface area contributed by atoms with Gasteiger partial charge in [0.25, 0.3) is 0 Å². The van der Waals surface area contributed by atoms with E-state index < -0.39 is 0 Å². The fourth-order valence-electron chi connectivity index (χ4n) is 2.38. The summed E-state index contributed by atoms with van der Waals surface area (Å²) < 4.78 is 5.63. The van der Waals surface area contributed by atoms with Crippen LogP contribution < -0.4 is 4.74 Å². The van der Waals surface area contributed by atoms with Crippen molar-refractivity contribution < 1.29 is 9.84 Å². The first kappa shape index (κ1) is 11.5. The Morgan fingerprint density at radius 3 is 3.06 bits per heavy atom. The highest BCUT2D eigenvalue weighted by molar-refractivity contribution is 5.37. The van der Waals surface area contributed by atoms with Crippen molar-refractivity contribution in [2.45, 2.75) is 44.6 Å². The summed E-state index contributed by atoms with van der Waals surface area (Å²) in [4.78, 5) is 0. The molecular formula is C14H20O2. The fourth-order valence-corrected chi connectivity index (χ4v) is 2.38. The molecule has 16 heavy (non-hydrogen) atoms. The van der Waals surface area contributed by atoms with Crippen molar-refractivity contribution in [1.82, 2.24) is 0 Å². The summed E-state index contributed by atoms with van der Waals surface area (Å²) in [6.07, 6.45) is 4.09. The summed E-state index contributed by atoms with van der Waals surface area (Å²) in [7, 11) is 0. The molecule has 1 aliphatic rings. The van der Waals surface area contributed by atoms with Crippen molar-refractivity contribution in [3.8, 4) is 5.75 Å². The highest BCUT2D eigenvalue weighted by atomic mass is 16.5. The van der Waals surface area contributed by atoms with Gasteiger partial charge in [-0.15, -0.1) is 0 Å². The maximum Gasteiger partial charge on any atom is 0.122 e. The number of para-hydroxylation sites is 1. The highest BCUT2D eigenvalue weighted by Gasteiger charge is 2.20. The smallest absolute Gasteiger partial charge is 0.122 e. The van der Waals surface area contributed by atoms with Crippen molar-refractivity contribution in [3.63, 3.8) is 0 Å². The SMILES string of the molecule is CC(O)CCCC1CCOc2ccccc21. The Hall–Kier alpha value is -1.02. The molecule has 2 rings (SSSR count). The Morgan fingerprint density at radius 1 is 1.44 bits per heavy atom. The Kier molecular flexibility index (Phi) is 3.83. The third-order valence-corrected chi connectivity index (χ3v) is 3.26. The zero-order chi connectivity index (χ0) is 11.4. The van der Waals surface area contributed by atoms with Crippen LogP contribution in [0.2, 0.25) is 0 Å². The molecule has 0 amide bonds. The minimum atomic E-state index is -0.171. The number of hydrogen-bond donors (Lipinski definition) is 1. The highest BCUT2D eigenvalue weighted by Crippen LogP contribution is 2.36. The van der Waals surface area contributed by atoms with Crippen LogP contribution in [0.15, 0.2) is 24.3 Å². The molecule has 1 aromatic carbocycles. The Labute approximate surface area is 97.3 Å². The van der Waals surface area contributed by atoms with Gasteiger partial charge in [-0.1, -0.05) is 24.6 Å². The standard InChI is InChI=1S/C14H20O2/c1-11(15)5-4-6-12-9-10-16-14-8-3-2-7-13(12)14/h2-3,7-8,11-12,15H,4-6,9-10H2,1H3.